The number of halogens is 1. The molecular weight excluding hydrogens is 247 g/mol. The van der Waals surface area contributed by atoms with Crippen LogP contribution in [0.25, 0.3) is 6.08 Å². The van der Waals surface area contributed by atoms with Crippen LogP contribution in [0.4, 0.5) is 4.39 Å². The molecule has 0 N–H and O–H groups in total. The van der Waals surface area contributed by atoms with E-state index < -0.39 is 0 Å². The van der Waals surface area contributed by atoms with Crippen molar-refractivity contribution in [1.29, 1.82) is 0 Å². The van der Waals surface area contributed by atoms with Crippen LogP contribution in [0.2, 0.25) is 0 Å². The summed E-state index contributed by atoms with van der Waals surface area (Å²) in [7, 11) is 0. The van der Waals surface area contributed by atoms with Crippen LogP contribution in [-0.2, 0) is 0 Å². The molecule has 0 saturated heterocycles. The van der Waals surface area contributed by atoms with E-state index in [2.05, 4.69) is 43.0 Å². The molecule has 0 heterocycles. The Bertz CT molecular complexity index is 622. The molecule has 0 aromatic heterocycles. The number of benzene rings is 2. The third kappa shape index (κ3) is 4.40. The Labute approximate surface area is 120 Å². The maximum atomic E-state index is 12.8. The van der Waals surface area contributed by atoms with Gasteiger partial charge in [0, 0.05) is 11.1 Å². The molecular formula is C19H17F. The summed E-state index contributed by atoms with van der Waals surface area (Å²) in [5.74, 6) is 5.87. The van der Waals surface area contributed by atoms with Crippen LogP contribution in [0.3, 0.4) is 0 Å². The highest BCUT2D eigenvalue weighted by Gasteiger charge is 1.90. The number of hydrogen-bond donors (Lipinski definition) is 0. The first-order valence-corrected chi connectivity index (χ1v) is 6.82. The maximum Gasteiger partial charge on any atom is 0.123 e. The molecule has 100 valence electrons. The molecule has 0 bridgehead atoms. The quantitative estimate of drug-likeness (QED) is 0.681. The van der Waals surface area contributed by atoms with Gasteiger partial charge in [-0.05, 0) is 48.4 Å². The predicted molar refractivity (Wildman–Crippen MR) is 82.8 cm³/mol. The topological polar surface area (TPSA) is 0 Å². The summed E-state index contributed by atoms with van der Waals surface area (Å²) in [6, 6.07) is 14.3. The van der Waals surface area contributed by atoms with E-state index in [0.29, 0.717) is 0 Å². The normalized spacial score (nSPS) is 10.3. The van der Waals surface area contributed by atoms with Crippen LogP contribution < -0.4 is 0 Å². The first-order valence-electron chi connectivity index (χ1n) is 6.82. The average molecular weight is 264 g/mol. The van der Waals surface area contributed by atoms with Gasteiger partial charge in [-0.1, -0.05) is 49.5 Å². The first kappa shape index (κ1) is 14.1. The number of unbranched alkanes of at least 4 members (excludes halogenated alkanes) is 1. The van der Waals surface area contributed by atoms with Crippen LogP contribution >= 0.6 is 0 Å². The molecule has 0 unspecified atom stereocenters. The van der Waals surface area contributed by atoms with Crippen molar-refractivity contribution in [3.63, 3.8) is 0 Å². The third-order valence-electron chi connectivity index (χ3n) is 2.87. The van der Waals surface area contributed by atoms with Gasteiger partial charge >= 0.3 is 0 Å². The molecule has 2 rings (SSSR count). The zero-order chi connectivity index (χ0) is 14.2. The van der Waals surface area contributed by atoms with Gasteiger partial charge in [-0.2, -0.15) is 0 Å². The van der Waals surface area contributed by atoms with Crippen LogP contribution in [-0.4, -0.2) is 0 Å². The Morgan fingerprint density at radius 1 is 0.900 bits per heavy atom. The summed E-state index contributed by atoms with van der Waals surface area (Å²) in [6.07, 6.45) is 6.57. The molecule has 20 heavy (non-hydrogen) atoms. The molecule has 0 amide bonds. The summed E-state index contributed by atoms with van der Waals surface area (Å²) in [5, 5.41) is 0. The fourth-order valence-electron chi connectivity index (χ4n) is 1.74. The summed E-state index contributed by atoms with van der Waals surface area (Å²) >= 11 is 0. The second-order valence-corrected chi connectivity index (χ2v) is 4.57. The monoisotopic (exact) mass is 264 g/mol. The van der Waals surface area contributed by atoms with E-state index in [4.69, 9.17) is 0 Å². The van der Waals surface area contributed by atoms with Gasteiger partial charge in [-0.25, -0.2) is 4.39 Å². The van der Waals surface area contributed by atoms with Gasteiger partial charge < -0.3 is 0 Å². The van der Waals surface area contributed by atoms with Crippen LogP contribution in [0.5, 0.6) is 0 Å². The fraction of sp³-hybridized carbons (Fsp3) is 0.158. The molecule has 0 spiro atoms. The smallest absolute Gasteiger partial charge is 0.123 e. The second-order valence-electron chi connectivity index (χ2n) is 4.57. The lowest BCUT2D eigenvalue weighted by atomic mass is 10.1. The SMILES string of the molecule is CCC/C=C/c1ccc(C#Cc2ccc(F)cc2)cc1. The van der Waals surface area contributed by atoms with Crippen molar-refractivity contribution in [2.24, 2.45) is 0 Å². The van der Waals surface area contributed by atoms with E-state index in [1.807, 2.05) is 12.1 Å². The highest BCUT2D eigenvalue weighted by Crippen LogP contribution is 2.07. The Balaban J connectivity index is 2.06. The lowest BCUT2D eigenvalue weighted by molar-refractivity contribution is 0.627. The van der Waals surface area contributed by atoms with E-state index in [1.54, 1.807) is 12.1 Å². The molecule has 0 nitrogen and oxygen atoms in total. The fourth-order valence-corrected chi connectivity index (χ4v) is 1.74. The Kier molecular flexibility index (Phi) is 5.15. The summed E-state index contributed by atoms with van der Waals surface area (Å²) in [6.45, 7) is 2.17. The Hall–Kier alpha value is -2.33. The summed E-state index contributed by atoms with van der Waals surface area (Å²) < 4.78 is 12.8. The van der Waals surface area contributed by atoms with Crippen molar-refractivity contribution < 1.29 is 4.39 Å². The molecule has 0 atom stereocenters. The van der Waals surface area contributed by atoms with Gasteiger partial charge in [0.2, 0.25) is 0 Å². The molecule has 1 heteroatoms. The van der Waals surface area contributed by atoms with Gasteiger partial charge in [0.25, 0.3) is 0 Å². The Morgan fingerprint density at radius 2 is 1.45 bits per heavy atom. The van der Waals surface area contributed by atoms with Gasteiger partial charge in [0.1, 0.15) is 5.82 Å². The number of rotatable bonds is 3. The number of allylic oxidation sites excluding steroid dienone is 1. The molecule has 0 aliphatic rings. The standard InChI is InChI=1S/C19H17F/c1-2-3-4-5-16-6-8-17(9-7-16)10-11-18-12-14-19(20)15-13-18/h4-9,12-15H,2-3H2,1H3/b5-4+. The number of hydrogen-bond acceptors (Lipinski definition) is 0. The van der Waals surface area contributed by atoms with E-state index in [0.717, 1.165) is 24.0 Å². The van der Waals surface area contributed by atoms with Crippen molar-refractivity contribution in [1.82, 2.24) is 0 Å². The van der Waals surface area contributed by atoms with Crippen molar-refractivity contribution in [3.8, 4) is 11.8 Å². The van der Waals surface area contributed by atoms with Gasteiger partial charge in [0.15, 0.2) is 0 Å². The maximum absolute atomic E-state index is 12.8. The van der Waals surface area contributed by atoms with Crippen molar-refractivity contribution in [3.05, 3.63) is 77.1 Å². The second kappa shape index (κ2) is 7.31. The zero-order valence-electron chi connectivity index (χ0n) is 11.6. The van der Waals surface area contributed by atoms with Gasteiger partial charge in [-0.3, -0.25) is 0 Å². The predicted octanol–water partition coefficient (Wildman–Crippen LogP) is 5.04. The lowest BCUT2D eigenvalue weighted by Crippen LogP contribution is -1.78. The van der Waals surface area contributed by atoms with Crippen molar-refractivity contribution in [2.45, 2.75) is 19.8 Å². The van der Waals surface area contributed by atoms with Crippen LogP contribution in [0.1, 0.15) is 36.5 Å². The van der Waals surface area contributed by atoms with Gasteiger partial charge in [0.05, 0.1) is 0 Å². The van der Waals surface area contributed by atoms with E-state index in [1.165, 1.54) is 17.7 Å². The van der Waals surface area contributed by atoms with E-state index in [-0.39, 0.29) is 5.82 Å². The minimum absolute atomic E-state index is 0.237. The highest BCUT2D eigenvalue weighted by atomic mass is 19.1. The summed E-state index contributed by atoms with van der Waals surface area (Å²) in [4.78, 5) is 0. The molecule has 0 aliphatic carbocycles. The third-order valence-corrected chi connectivity index (χ3v) is 2.87. The molecule has 0 saturated carbocycles. The lowest BCUT2D eigenvalue weighted by Gasteiger charge is -1.94. The molecule has 0 radical (unpaired) electrons. The molecule has 2 aromatic carbocycles. The van der Waals surface area contributed by atoms with Crippen LogP contribution in [0, 0.1) is 17.7 Å². The van der Waals surface area contributed by atoms with Crippen molar-refractivity contribution >= 4 is 6.08 Å². The minimum atomic E-state index is -0.237. The average Bonchev–Trinajstić information content (AvgIpc) is 2.48. The van der Waals surface area contributed by atoms with E-state index in [9.17, 15) is 4.39 Å². The molecule has 0 fully saturated rings. The summed E-state index contributed by atoms with van der Waals surface area (Å²) in [5.41, 5.74) is 2.96. The largest absolute Gasteiger partial charge is 0.207 e. The zero-order valence-corrected chi connectivity index (χ0v) is 11.6. The minimum Gasteiger partial charge on any atom is -0.207 e. The van der Waals surface area contributed by atoms with E-state index >= 15 is 0 Å². The highest BCUT2D eigenvalue weighted by molar-refractivity contribution is 5.52. The van der Waals surface area contributed by atoms with Crippen molar-refractivity contribution in [2.75, 3.05) is 0 Å². The van der Waals surface area contributed by atoms with Gasteiger partial charge in [-0.15, -0.1) is 0 Å². The molecule has 0 aliphatic heterocycles. The molecule has 2 aromatic rings. The first-order chi connectivity index (χ1) is 9.78. The Morgan fingerprint density at radius 3 is 2.00 bits per heavy atom. The van der Waals surface area contributed by atoms with Crippen LogP contribution in [0.15, 0.2) is 54.6 Å².